The van der Waals surface area contributed by atoms with Crippen LogP contribution in [0.2, 0.25) is 0 Å². The van der Waals surface area contributed by atoms with Crippen LogP contribution in [-0.2, 0) is 25.3 Å². The molecule has 0 saturated carbocycles. The van der Waals surface area contributed by atoms with Crippen LogP contribution in [-0.4, -0.2) is 36.0 Å². The first-order valence-corrected chi connectivity index (χ1v) is 4.78. The second kappa shape index (κ2) is 4.23. The van der Waals surface area contributed by atoms with Crippen molar-refractivity contribution in [2.75, 3.05) is 19.0 Å². The topological polar surface area (TPSA) is 55.8 Å². The summed E-state index contributed by atoms with van der Waals surface area (Å²) in [5, 5.41) is 9.30. The van der Waals surface area contributed by atoms with E-state index in [1.807, 2.05) is 0 Å². The maximum absolute atomic E-state index is 10.1. The molecule has 1 saturated heterocycles. The summed E-state index contributed by atoms with van der Waals surface area (Å²) in [7, 11) is 0. The highest BCUT2D eigenvalue weighted by atomic mass is 32.1. The van der Waals surface area contributed by atoms with Crippen LogP contribution >= 0.6 is 0 Å². The molecule has 0 unspecified atom stereocenters. The van der Waals surface area contributed by atoms with Crippen LogP contribution in [0.1, 0.15) is 13.3 Å². The average molecular weight is 193 g/mol. The van der Waals surface area contributed by atoms with E-state index in [0.717, 1.165) is 0 Å². The number of rotatable bonds is 3. The summed E-state index contributed by atoms with van der Waals surface area (Å²) < 4.78 is 20.4. The Morgan fingerprint density at radius 2 is 2.50 bits per heavy atom. The highest BCUT2D eigenvalue weighted by molar-refractivity contribution is 7.65. The molecule has 5 heteroatoms. The Bertz CT molecular complexity index is 149. The Labute approximate surface area is 75.4 Å². The van der Waals surface area contributed by atoms with Gasteiger partial charge in [-0.3, -0.25) is 0 Å². The van der Waals surface area contributed by atoms with Crippen LogP contribution in [0, 0.1) is 0 Å². The zero-order valence-electron chi connectivity index (χ0n) is 6.99. The van der Waals surface area contributed by atoms with Gasteiger partial charge in [0.25, 0.3) is 0 Å². The summed E-state index contributed by atoms with van der Waals surface area (Å²) in [6.07, 6.45) is 0.649. The number of aliphatic hydroxyl groups is 1. The third kappa shape index (κ3) is 3.10. The fraction of sp³-hybridized carbons (Fsp3) is 1.00. The Morgan fingerprint density at radius 3 is 3.00 bits per heavy atom. The molecule has 1 N–H and O–H groups in total. The van der Waals surface area contributed by atoms with Gasteiger partial charge < -0.3 is 14.6 Å². The monoisotopic (exact) mass is 193 g/mol. The normalized spacial score (nSPS) is 36.3. The van der Waals surface area contributed by atoms with Crippen LogP contribution < -0.4 is 0 Å². The van der Waals surface area contributed by atoms with Crippen molar-refractivity contribution in [2.24, 2.45) is 0 Å². The predicted molar refractivity (Wildman–Crippen MR) is 43.9 cm³/mol. The molecule has 0 aliphatic carbocycles. The molecular formula is C7H13O4S+. The molecule has 0 spiro atoms. The van der Waals surface area contributed by atoms with Gasteiger partial charge in [0.15, 0.2) is 5.79 Å². The van der Waals surface area contributed by atoms with E-state index in [-0.39, 0.29) is 12.7 Å². The van der Waals surface area contributed by atoms with Crippen LogP contribution in [0.15, 0.2) is 0 Å². The predicted octanol–water partition coefficient (Wildman–Crippen LogP) is -0.0715. The van der Waals surface area contributed by atoms with E-state index >= 15 is 0 Å². The molecule has 0 aromatic rings. The molecule has 0 radical (unpaired) electrons. The molecule has 70 valence electrons. The summed E-state index contributed by atoms with van der Waals surface area (Å²) in [5.41, 5.74) is 0. The van der Waals surface area contributed by atoms with E-state index in [1.54, 1.807) is 6.92 Å². The van der Waals surface area contributed by atoms with E-state index in [4.69, 9.17) is 9.47 Å². The number of ether oxygens (including phenoxy) is 2. The second-order valence-electron chi connectivity index (χ2n) is 3.03. The van der Waals surface area contributed by atoms with E-state index in [1.165, 1.54) is 0 Å². The summed E-state index contributed by atoms with van der Waals surface area (Å²) in [6, 6.07) is 0. The minimum absolute atomic E-state index is 0.0355. The standard InChI is InChI=1S/C7H13O4S/c1-7(8)5-10-6(4-11-7)2-3-12-9/h6,8H,2-5H2,1H3/q+1/t6-,7-/m0/s1. The molecule has 1 heterocycles. The molecule has 0 bridgehead atoms. The lowest BCUT2D eigenvalue weighted by atomic mass is 10.2. The first-order chi connectivity index (χ1) is 5.64. The van der Waals surface area contributed by atoms with E-state index in [2.05, 4.69) is 0 Å². The van der Waals surface area contributed by atoms with Gasteiger partial charge in [0.05, 0.1) is 12.7 Å². The van der Waals surface area contributed by atoms with Gasteiger partial charge in [-0.05, 0) is 6.92 Å². The van der Waals surface area contributed by atoms with Crippen molar-refractivity contribution < 1.29 is 18.8 Å². The molecule has 1 aliphatic heterocycles. The van der Waals surface area contributed by atoms with Gasteiger partial charge in [-0.25, -0.2) is 0 Å². The third-order valence-corrected chi connectivity index (χ3v) is 2.09. The average Bonchev–Trinajstić information content (AvgIpc) is 2.03. The zero-order chi connectivity index (χ0) is 9.03. The lowest BCUT2D eigenvalue weighted by Crippen LogP contribution is -2.44. The minimum atomic E-state index is -1.15. The van der Waals surface area contributed by atoms with Crippen LogP contribution in [0.25, 0.3) is 0 Å². The highest BCUT2D eigenvalue weighted by Gasteiger charge is 2.30. The molecular weight excluding hydrogens is 180 g/mol. The fourth-order valence-electron chi connectivity index (χ4n) is 0.981. The maximum Gasteiger partial charge on any atom is 0.458 e. The lowest BCUT2D eigenvalue weighted by molar-refractivity contribution is -0.277. The molecule has 2 atom stereocenters. The van der Waals surface area contributed by atoms with Crippen LogP contribution in [0.3, 0.4) is 0 Å². The SMILES string of the molecule is C[C@@]1(O)CO[C@@H](CC[S+]=O)CO1. The first-order valence-electron chi connectivity index (χ1n) is 3.87. The van der Waals surface area contributed by atoms with Crippen LogP contribution in [0.5, 0.6) is 0 Å². The maximum atomic E-state index is 10.1. The molecule has 0 aromatic heterocycles. The summed E-state index contributed by atoms with van der Waals surface area (Å²) in [6.45, 7) is 2.11. The van der Waals surface area contributed by atoms with Crippen molar-refractivity contribution in [3.05, 3.63) is 0 Å². The summed E-state index contributed by atoms with van der Waals surface area (Å²) in [5.74, 6) is -0.628. The summed E-state index contributed by atoms with van der Waals surface area (Å²) >= 11 is 0.547. The number of hydrogen-bond donors (Lipinski definition) is 1. The molecule has 0 aromatic carbocycles. The highest BCUT2D eigenvalue weighted by Crippen LogP contribution is 2.16. The quantitative estimate of drug-likeness (QED) is 0.637. The van der Waals surface area contributed by atoms with E-state index < -0.39 is 5.79 Å². The Kier molecular flexibility index (Phi) is 3.52. The summed E-state index contributed by atoms with van der Waals surface area (Å²) in [4.78, 5) is 0. The molecule has 4 nitrogen and oxygen atoms in total. The van der Waals surface area contributed by atoms with Crippen molar-refractivity contribution in [1.29, 1.82) is 0 Å². The van der Waals surface area contributed by atoms with Gasteiger partial charge in [0.1, 0.15) is 6.61 Å². The first kappa shape index (κ1) is 9.98. The number of hydrogen-bond acceptors (Lipinski definition) is 4. The molecule has 0 amide bonds. The Balaban J connectivity index is 2.22. The molecule has 1 aliphatic rings. The fourth-order valence-corrected chi connectivity index (χ4v) is 1.34. The molecule has 1 fully saturated rings. The Hall–Kier alpha value is -0.100. The zero-order valence-corrected chi connectivity index (χ0v) is 7.80. The van der Waals surface area contributed by atoms with Crippen molar-refractivity contribution in [3.63, 3.8) is 0 Å². The minimum Gasteiger partial charge on any atom is -0.370 e. The van der Waals surface area contributed by atoms with Gasteiger partial charge >= 0.3 is 11.7 Å². The van der Waals surface area contributed by atoms with Crippen LogP contribution in [0.4, 0.5) is 0 Å². The molecule has 12 heavy (non-hydrogen) atoms. The van der Waals surface area contributed by atoms with E-state index in [0.29, 0.717) is 30.4 Å². The van der Waals surface area contributed by atoms with Crippen molar-refractivity contribution in [3.8, 4) is 0 Å². The smallest absolute Gasteiger partial charge is 0.370 e. The largest absolute Gasteiger partial charge is 0.458 e. The third-order valence-electron chi connectivity index (χ3n) is 1.69. The van der Waals surface area contributed by atoms with Gasteiger partial charge in [0, 0.05) is 10.6 Å². The van der Waals surface area contributed by atoms with Gasteiger partial charge in [-0.15, -0.1) is 0 Å². The molecule has 1 rings (SSSR count). The van der Waals surface area contributed by atoms with Crippen molar-refractivity contribution in [1.82, 2.24) is 0 Å². The van der Waals surface area contributed by atoms with Crippen molar-refractivity contribution >= 4 is 11.7 Å². The van der Waals surface area contributed by atoms with Gasteiger partial charge in [-0.1, -0.05) is 0 Å². The van der Waals surface area contributed by atoms with E-state index in [9.17, 15) is 9.32 Å². The van der Waals surface area contributed by atoms with Gasteiger partial charge in [-0.2, -0.15) is 0 Å². The van der Waals surface area contributed by atoms with Crippen molar-refractivity contribution in [2.45, 2.75) is 25.2 Å². The Morgan fingerprint density at radius 1 is 1.75 bits per heavy atom. The lowest BCUT2D eigenvalue weighted by Gasteiger charge is -2.32. The van der Waals surface area contributed by atoms with Gasteiger partial charge in [0.2, 0.25) is 5.75 Å². The second-order valence-corrected chi connectivity index (χ2v) is 3.67.